The summed E-state index contributed by atoms with van der Waals surface area (Å²) < 4.78 is 7.34. The minimum Gasteiger partial charge on any atom is -0.381 e. The van der Waals surface area contributed by atoms with Crippen molar-refractivity contribution in [1.29, 1.82) is 0 Å². The Bertz CT molecular complexity index is 370. The van der Waals surface area contributed by atoms with Gasteiger partial charge in [-0.1, -0.05) is 0 Å². The minimum atomic E-state index is -0.422. The van der Waals surface area contributed by atoms with Crippen LogP contribution >= 0.6 is 0 Å². The lowest BCUT2D eigenvalue weighted by atomic mass is 9.79. The van der Waals surface area contributed by atoms with Crippen molar-refractivity contribution in [2.75, 3.05) is 26.3 Å². The quantitative estimate of drug-likeness (QED) is 0.794. The van der Waals surface area contributed by atoms with Crippen LogP contribution in [-0.4, -0.2) is 36.8 Å². The van der Waals surface area contributed by atoms with E-state index in [4.69, 9.17) is 10.5 Å². The summed E-state index contributed by atoms with van der Waals surface area (Å²) in [5.41, 5.74) is 5.36. The fourth-order valence-corrected chi connectivity index (χ4v) is 2.29. The topological polar surface area (TPSA) is 69.3 Å². The summed E-state index contributed by atoms with van der Waals surface area (Å²) in [6.07, 6.45) is 5.41. The Kier molecular flexibility index (Phi) is 4.38. The van der Waals surface area contributed by atoms with Crippen LogP contribution in [-0.2, 0) is 16.1 Å². The van der Waals surface area contributed by atoms with Crippen molar-refractivity contribution in [3.63, 3.8) is 0 Å². The van der Waals surface area contributed by atoms with Gasteiger partial charge in [0.05, 0.1) is 5.41 Å². The van der Waals surface area contributed by atoms with Crippen LogP contribution in [0.15, 0.2) is 24.5 Å². The number of nitrogens with one attached hydrogen (secondary N) is 1. The molecule has 1 aromatic rings. The van der Waals surface area contributed by atoms with Crippen LogP contribution in [0.4, 0.5) is 0 Å². The van der Waals surface area contributed by atoms with E-state index in [0.29, 0.717) is 26.3 Å². The molecule has 1 aliphatic rings. The summed E-state index contributed by atoms with van der Waals surface area (Å²) in [4.78, 5) is 12.2. The standard InChI is InChI=1S/C13H21N3O2/c14-11-13(3-9-18-10-4-13)12(17)15-5-8-16-6-1-2-7-16/h1-2,6-7H,3-5,8-11,14H2,(H,15,17). The molecule has 2 rings (SSSR count). The van der Waals surface area contributed by atoms with E-state index in [0.717, 1.165) is 19.4 Å². The summed E-state index contributed by atoms with van der Waals surface area (Å²) in [7, 11) is 0. The molecule has 0 aliphatic carbocycles. The van der Waals surface area contributed by atoms with Gasteiger partial charge in [-0.25, -0.2) is 0 Å². The zero-order chi connectivity index (χ0) is 12.8. The molecule has 0 bridgehead atoms. The Labute approximate surface area is 107 Å². The molecule has 2 heterocycles. The smallest absolute Gasteiger partial charge is 0.227 e. The molecule has 5 heteroatoms. The SMILES string of the molecule is NCC1(C(=O)NCCn2cccc2)CCOCC1. The van der Waals surface area contributed by atoms with Crippen LogP contribution < -0.4 is 11.1 Å². The van der Waals surface area contributed by atoms with Crippen molar-refractivity contribution in [1.82, 2.24) is 9.88 Å². The van der Waals surface area contributed by atoms with Gasteiger partial charge in [0.15, 0.2) is 0 Å². The molecule has 1 amide bonds. The van der Waals surface area contributed by atoms with Gasteiger partial charge in [-0.3, -0.25) is 4.79 Å². The minimum absolute atomic E-state index is 0.0699. The highest BCUT2D eigenvalue weighted by molar-refractivity contribution is 5.83. The Balaban J connectivity index is 1.82. The average Bonchev–Trinajstić information content (AvgIpc) is 2.92. The Morgan fingerprint density at radius 3 is 2.61 bits per heavy atom. The van der Waals surface area contributed by atoms with Crippen LogP contribution in [0.3, 0.4) is 0 Å². The van der Waals surface area contributed by atoms with E-state index in [1.54, 1.807) is 0 Å². The van der Waals surface area contributed by atoms with Crippen LogP contribution in [0.1, 0.15) is 12.8 Å². The lowest BCUT2D eigenvalue weighted by molar-refractivity contribution is -0.135. The number of hydrogen-bond acceptors (Lipinski definition) is 3. The summed E-state index contributed by atoms with van der Waals surface area (Å²) in [5, 5.41) is 2.99. The molecule has 0 spiro atoms. The lowest BCUT2D eigenvalue weighted by Gasteiger charge is -2.34. The zero-order valence-corrected chi connectivity index (χ0v) is 10.6. The van der Waals surface area contributed by atoms with Gasteiger partial charge >= 0.3 is 0 Å². The number of ether oxygens (including phenoxy) is 1. The first-order valence-corrected chi connectivity index (χ1v) is 6.44. The van der Waals surface area contributed by atoms with Crippen LogP contribution in [0, 0.1) is 5.41 Å². The number of amides is 1. The number of nitrogens with two attached hydrogens (primary N) is 1. The second kappa shape index (κ2) is 6.02. The molecule has 0 unspecified atom stereocenters. The lowest BCUT2D eigenvalue weighted by Crippen LogP contribution is -2.49. The van der Waals surface area contributed by atoms with E-state index < -0.39 is 5.41 Å². The summed E-state index contributed by atoms with van der Waals surface area (Å²) in [6.45, 7) is 3.07. The number of carbonyl (C=O) groups is 1. The Morgan fingerprint density at radius 1 is 1.33 bits per heavy atom. The van der Waals surface area contributed by atoms with Crippen molar-refractivity contribution < 1.29 is 9.53 Å². The Hall–Kier alpha value is -1.33. The van der Waals surface area contributed by atoms with Crippen molar-refractivity contribution in [2.24, 2.45) is 11.1 Å². The van der Waals surface area contributed by atoms with Crippen molar-refractivity contribution >= 4 is 5.91 Å². The van der Waals surface area contributed by atoms with Gasteiger partial charge in [-0.2, -0.15) is 0 Å². The van der Waals surface area contributed by atoms with E-state index in [-0.39, 0.29) is 5.91 Å². The number of carbonyl (C=O) groups excluding carboxylic acids is 1. The predicted molar refractivity (Wildman–Crippen MR) is 69.0 cm³/mol. The maximum absolute atomic E-state index is 12.2. The van der Waals surface area contributed by atoms with Crippen LogP contribution in [0.2, 0.25) is 0 Å². The molecule has 1 saturated heterocycles. The second-order valence-electron chi connectivity index (χ2n) is 4.77. The first-order valence-electron chi connectivity index (χ1n) is 6.44. The number of rotatable bonds is 5. The van der Waals surface area contributed by atoms with Crippen molar-refractivity contribution in [3.05, 3.63) is 24.5 Å². The molecule has 0 atom stereocenters. The molecule has 100 valence electrons. The van der Waals surface area contributed by atoms with E-state index >= 15 is 0 Å². The van der Waals surface area contributed by atoms with Gasteiger partial charge < -0.3 is 20.4 Å². The maximum atomic E-state index is 12.2. The third-order valence-electron chi connectivity index (χ3n) is 3.64. The molecule has 0 radical (unpaired) electrons. The van der Waals surface area contributed by atoms with E-state index in [1.165, 1.54) is 0 Å². The fraction of sp³-hybridized carbons (Fsp3) is 0.615. The molecule has 1 fully saturated rings. The number of aromatic nitrogens is 1. The van der Waals surface area contributed by atoms with Crippen LogP contribution in [0.5, 0.6) is 0 Å². The first-order chi connectivity index (χ1) is 8.77. The molecule has 1 aliphatic heterocycles. The van der Waals surface area contributed by atoms with Gasteiger partial charge in [-0.05, 0) is 25.0 Å². The predicted octanol–water partition coefficient (Wildman–Crippen LogP) is 0.360. The van der Waals surface area contributed by atoms with Gasteiger partial charge in [0.2, 0.25) is 5.91 Å². The van der Waals surface area contributed by atoms with E-state index in [2.05, 4.69) is 5.32 Å². The summed E-state index contributed by atoms with van der Waals surface area (Å²) in [6, 6.07) is 3.95. The first kappa shape index (κ1) is 13.1. The van der Waals surface area contributed by atoms with Gasteiger partial charge in [0, 0.05) is 45.2 Å². The van der Waals surface area contributed by atoms with Crippen molar-refractivity contribution in [2.45, 2.75) is 19.4 Å². The maximum Gasteiger partial charge on any atom is 0.227 e. The average molecular weight is 251 g/mol. The molecule has 1 aromatic heterocycles. The van der Waals surface area contributed by atoms with E-state index in [1.807, 2.05) is 29.1 Å². The summed E-state index contributed by atoms with van der Waals surface area (Å²) >= 11 is 0. The molecule has 0 aromatic carbocycles. The number of hydrogen-bond donors (Lipinski definition) is 2. The van der Waals surface area contributed by atoms with Crippen LogP contribution in [0.25, 0.3) is 0 Å². The van der Waals surface area contributed by atoms with Gasteiger partial charge in [0.25, 0.3) is 0 Å². The third kappa shape index (κ3) is 2.91. The second-order valence-corrected chi connectivity index (χ2v) is 4.77. The third-order valence-corrected chi connectivity index (χ3v) is 3.64. The normalized spacial score (nSPS) is 18.5. The molecular formula is C13H21N3O2. The monoisotopic (exact) mass is 251 g/mol. The highest BCUT2D eigenvalue weighted by Gasteiger charge is 2.38. The fourth-order valence-electron chi connectivity index (χ4n) is 2.29. The Morgan fingerprint density at radius 2 is 2.00 bits per heavy atom. The van der Waals surface area contributed by atoms with E-state index in [9.17, 15) is 4.79 Å². The highest BCUT2D eigenvalue weighted by atomic mass is 16.5. The highest BCUT2D eigenvalue weighted by Crippen LogP contribution is 2.29. The largest absolute Gasteiger partial charge is 0.381 e. The summed E-state index contributed by atoms with van der Waals surface area (Å²) in [5.74, 6) is 0.0699. The number of nitrogens with zero attached hydrogens (tertiary/aromatic N) is 1. The molecule has 3 N–H and O–H groups in total. The molecule has 5 nitrogen and oxygen atoms in total. The molecule has 18 heavy (non-hydrogen) atoms. The molecular weight excluding hydrogens is 230 g/mol. The zero-order valence-electron chi connectivity index (χ0n) is 10.6. The van der Waals surface area contributed by atoms with Gasteiger partial charge in [-0.15, -0.1) is 0 Å². The molecule has 0 saturated carbocycles. The van der Waals surface area contributed by atoms with Crippen molar-refractivity contribution in [3.8, 4) is 0 Å². The van der Waals surface area contributed by atoms with Gasteiger partial charge in [0.1, 0.15) is 0 Å².